The number of furan rings is 1. The van der Waals surface area contributed by atoms with Gasteiger partial charge in [0.15, 0.2) is 0 Å². The van der Waals surface area contributed by atoms with E-state index < -0.39 is 10.0 Å². The first kappa shape index (κ1) is 16.9. The number of anilines is 1. The predicted octanol–water partition coefficient (Wildman–Crippen LogP) is 3.35. The Morgan fingerprint density at radius 2 is 1.84 bits per heavy atom. The van der Waals surface area contributed by atoms with E-state index >= 15 is 0 Å². The van der Waals surface area contributed by atoms with Crippen LogP contribution in [-0.4, -0.2) is 14.6 Å². The Balaban J connectivity index is 1.71. The summed E-state index contributed by atoms with van der Waals surface area (Å²) in [6.45, 7) is 2.01. The maximum Gasteiger partial charge on any atom is 0.238 e. The van der Waals surface area contributed by atoms with Crippen molar-refractivity contribution in [1.29, 1.82) is 0 Å². The van der Waals surface area contributed by atoms with Crippen LogP contribution >= 0.6 is 0 Å². The Morgan fingerprint density at radius 1 is 1.08 bits per heavy atom. The van der Waals surface area contributed by atoms with Crippen molar-refractivity contribution in [3.05, 3.63) is 72.0 Å². The van der Waals surface area contributed by atoms with Crippen LogP contribution in [0.4, 0.5) is 5.69 Å². The van der Waals surface area contributed by atoms with E-state index in [1.165, 1.54) is 12.1 Å². The maximum absolute atomic E-state index is 11.3. The number of nitrogens with zero attached hydrogens (tertiary/aromatic N) is 1. The van der Waals surface area contributed by atoms with Crippen LogP contribution in [0.1, 0.15) is 11.3 Å². The highest BCUT2D eigenvalue weighted by molar-refractivity contribution is 7.89. The standard InChI is InChI=1S/C18H17N3O3S/c1-13-3-2-4-15(11-13)21-20-12-16-7-10-18(24-16)14-5-8-17(9-6-14)25(19,22)23/h2-12,21H,1H3,(H2,19,22,23)/b20-12-. The summed E-state index contributed by atoms with van der Waals surface area (Å²) in [4.78, 5) is 0.0620. The fraction of sp³-hybridized carbons (Fsp3) is 0.0556. The van der Waals surface area contributed by atoms with E-state index in [1.54, 1.807) is 30.5 Å². The number of nitrogens with one attached hydrogen (secondary N) is 1. The summed E-state index contributed by atoms with van der Waals surface area (Å²) in [5.74, 6) is 1.18. The Kier molecular flexibility index (Phi) is 4.69. The zero-order chi connectivity index (χ0) is 17.9. The average Bonchev–Trinajstić information content (AvgIpc) is 3.03. The summed E-state index contributed by atoms with van der Waals surface area (Å²) in [6, 6.07) is 17.6. The quantitative estimate of drug-likeness (QED) is 0.542. The molecule has 3 aromatic rings. The smallest absolute Gasteiger partial charge is 0.238 e. The summed E-state index contributed by atoms with van der Waals surface area (Å²) in [7, 11) is -3.70. The van der Waals surface area contributed by atoms with Crippen LogP contribution in [0, 0.1) is 6.92 Å². The number of hydrogen-bond donors (Lipinski definition) is 2. The molecule has 0 bridgehead atoms. The second-order valence-corrected chi connectivity index (χ2v) is 7.07. The largest absolute Gasteiger partial charge is 0.455 e. The average molecular weight is 355 g/mol. The van der Waals surface area contributed by atoms with Crippen LogP contribution in [0.25, 0.3) is 11.3 Å². The van der Waals surface area contributed by atoms with Gasteiger partial charge in [0.1, 0.15) is 11.5 Å². The van der Waals surface area contributed by atoms with Gasteiger partial charge in [-0.25, -0.2) is 13.6 Å². The Labute approximate surface area is 146 Å². The Morgan fingerprint density at radius 3 is 2.52 bits per heavy atom. The van der Waals surface area contributed by atoms with Crippen LogP contribution in [0.2, 0.25) is 0 Å². The number of rotatable bonds is 5. The molecule has 0 amide bonds. The minimum Gasteiger partial charge on any atom is -0.455 e. The van der Waals surface area contributed by atoms with Gasteiger partial charge in [-0.15, -0.1) is 0 Å². The summed E-state index contributed by atoms with van der Waals surface area (Å²) in [6.07, 6.45) is 1.57. The first-order chi connectivity index (χ1) is 11.9. The third kappa shape index (κ3) is 4.34. The molecule has 0 saturated heterocycles. The van der Waals surface area contributed by atoms with Gasteiger partial charge < -0.3 is 4.42 Å². The molecule has 0 fully saturated rings. The maximum atomic E-state index is 11.3. The SMILES string of the molecule is Cc1cccc(N/N=C\c2ccc(-c3ccc(S(N)(=O)=O)cc3)o2)c1. The van der Waals surface area contributed by atoms with E-state index in [9.17, 15) is 8.42 Å². The second kappa shape index (κ2) is 6.92. The van der Waals surface area contributed by atoms with Crippen molar-refractivity contribution in [2.45, 2.75) is 11.8 Å². The van der Waals surface area contributed by atoms with Gasteiger partial charge in [0.25, 0.3) is 0 Å². The molecule has 0 spiro atoms. The summed E-state index contributed by atoms with van der Waals surface area (Å²) in [5.41, 5.74) is 5.72. The number of hydrogen-bond acceptors (Lipinski definition) is 5. The molecular formula is C18H17N3O3S. The lowest BCUT2D eigenvalue weighted by molar-refractivity contribution is 0.575. The van der Waals surface area contributed by atoms with Crippen LogP contribution in [0.3, 0.4) is 0 Å². The van der Waals surface area contributed by atoms with E-state index in [-0.39, 0.29) is 4.90 Å². The van der Waals surface area contributed by atoms with Gasteiger partial charge in [-0.05, 0) is 61.0 Å². The van der Waals surface area contributed by atoms with Gasteiger partial charge >= 0.3 is 0 Å². The van der Waals surface area contributed by atoms with E-state index in [4.69, 9.17) is 9.56 Å². The molecule has 1 aromatic heterocycles. The summed E-state index contributed by atoms with van der Waals surface area (Å²) < 4.78 is 28.2. The monoisotopic (exact) mass is 355 g/mol. The van der Waals surface area contributed by atoms with Gasteiger partial charge in [-0.2, -0.15) is 5.10 Å². The fourth-order valence-corrected chi connectivity index (χ4v) is 2.79. The van der Waals surface area contributed by atoms with Gasteiger partial charge in [0.05, 0.1) is 16.8 Å². The van der Waals surface area contributed by atoms with Crippen molar-refractivity contribution in [3.63, 3.8) is 0 Å². The summed E-state index contributed by atoms with van der Waals surface area (Å²) >= 11 is 0. The molecule has 0 unspecified atom stereocenters. The van der Waals surface area contributed by atoms with Gasteiger partial charge in [-0.3, -0.25) is 5.43 Å². The molecule has 6 nitrogen and oxygen atoms in total. The topological polar surface area (TPSA) is 97.7 Å². The molecular weight excluding hydrogens is 338 g/mol. The lowest BCUT2D eigenvalue weighted by Gasteiger charge is -2.00. The highest BCUT2D eigenvalue weighted by Gasteiger charge is 2.09. The first-order valence-corrected chi connectivity index (χ1v) is 9.05. The number of benzene rings is 2. The number of aryl methyl sites for hydroxylation is 1. The van der Waals surface area contributed by atoms with E-state index in [2.05, 4.69) is 10.5 Å². The number of sulfonamides is 1. The zero-order valence-electron chi connectivity index (χ0n) is 13.5. The van der Waals surface area contributed by atoms with E-state index in [0.29, 0.717) is 11.5 Å². The van der Waals surface area contributed by atoms with Gasteiger partial charge in [0, 0.05) is 5.56 Å². The number of nitrogens with two attached hydrogens (primary N) is 1. The zero-order valence-corrected chi connectivity index (χ0v) is 14.3. The van der Waals surface area contributed by atoms with Crippen LogP contribution in [0.15, 0.2) is 75.1 Å². The molecule has 128 valence electrons. The van der Waals surface area contributed by atoms with Crippen molar-refractivity contribution < 1.29 is 12.8 Å². The van der Waals surface area contributed by atoms with Crippen LogP contribution in [-0.2, 0) is 10.0 Å². The van der Waals surface area contributed by atoms with Crippen LogP contribution < -0.4 is 10.6 Å². The van der Waals surface area contributed by atoms with Crippen molar-refractivity contribution in [2.75, 3.05) is 5.43 Å². The molecule has 0 aliphatic rings. The lowest BCUT2D eigenvalue weighted by atomic mass is 10.2. The highest BCUT2D eigenvalue weighted by atomic mass is 32.2. The highest BCUT2D eigenvalue weighted by Crippen LogP contribution is 2.23. The molecule has 0 atom stereocenters. The molecule has 0 radical (unpaired) electrons. The minimum absolute atomic E-state index is 0.0620. The van der Waals surface area contributed by atoms with Gasteiger partial charge in [-0.1, -0.05) is 12.1 Å². The molecule has 3 N–H and O–H groups in total. The Hall–Kier alpha value is -2.90. The van der Waals surface area contributed by atoms with Crippen molar-refractivity contribution >= 4 is 21.9 Å². The minimum atomic E-state index is -3.70. The first-order valence-electron chi connectivity index (χ1n) is 7.51. The molecule has 7 heteroatoms. The van der Waals surface area contributed by atoms with E-state index in [1.807, 2.05) is 31.2 Å². The molecule has 0 aliphatic heterocycles. The molecule has 0 aliphatic carbocycles. The third-order valence-corrected chi connectivity index (χ3v) is 4.43. The fourth-order valence-electron chi connectivity index (χ4n) is 2.27. The van der Waals surface area contributed by atoms with E-state index in [0.717, 1.165) is 16.8 Å². The normalized spacial score (nSPS) is 11.8. The second-order valence-electron chi connectivity index (χ2n) is 5.51. The predicted molar refractivity (Wildman–Crippen MR) is 97.9 cm³/mol. The lowest BCUT2D eigenvalue weighted by Crippen LogP contribution is -2.11. The van der Waals surface area contributed by atoms with Crippen molar-refractivity contribution in [2.24, 2.45) is 10.2 Å². The molecule has 1 heterocycles. The van der Waals surface area contributed by atoms with Gasteiger partial charge in [0.2, 0.25) is 10.0 Å². The molecule has 25 heavy (non-hydrogen) atoms. The van der Waals surface area contributed by atoms with Crippen molar-refractivity contribution in [3.8, 4) is 11.3 Å². The third-order valence-electron chi connectivity index (χ3n) is 3.50. The molecule has 0 saturated carbocycles. The number of hydrazone groups is 1. The summed E-state index contributed by atoms with van der Waals surface area (Å²) in [5, 5.41) is 9.23. The Bertz CT molecular complexity index is 1010. The van der Waals surface area contributed by atoms with Crippen molar-refractivity contribution in [1.82, 2.24) is 0 Å². The molecule has 3 rings (SSSR count). The van der Waals surface area contributed by atoms with Crippen LogP contribution in [0.5, 0.6) is 0 Å². The molecule has 2 aromatic carbocycles. The number of primary sulfonamides is 1.